The average Bonchev–Trinajstić information content (AvgIpc) is 3.10. The molecule has 1 amide bonds. The third-order valence-electron chi connectivity index (χ3n) is 5.65. The third-order valence-corrected chi connectivity index (χ3v) is 5.65. The highest BCUT2D eigenvalue weighted by atomic mass is 16.6. The van der Waals surface area contributed by atoms with E-state index in [4.69, 9.17) is 10.5 Å². The van der Waals surface area contributed by atoms with Gasteiger partial charge in [-0.15, -0.1) is 0 Å². The number of rotatable bonds is 8. The number of aromatic nitrogens is 3. The van der Waals surface area contributed by atoms with Gasteiger partial charge in [0.1, 0.15) is 24.4 Å². The molecule has 8 N–H and O–H groups in total. The van der Waals surface area contributed by atoms with Crippen molar-refractivity contribution in [2.75, 3.05) is 0 Å². The van der Waals surface area contributed by atoms with Crippen LogP contribution < -0.4 is 22.3 Å². The van der Waals surface area contributed by atoms with E-state index in [-0.39, 0.29) is 5.69 Å². The SMILES string of the molecule is C[C@@H]([C@H](N)C(=O)N[C@@H](C(=O)O)[C@H]1O[C@H](n2ccc(=O)[nH]c2=O)[C@H](O)[C@H]1O)[C@H](O)c1ccccn1. The predicted molar refractivity (Wildman–Crippen MR) is 113 cm³/mol. The Hall–Kier alpha value is -3.43. The molecule has 8 atom stereocenters. The first-order valence-electron chi connectivity index (χ1n) is 10.2. The molecule has 0 bridgehead atoms. The number of amides is 1. The molecule has 3 rings (SSSR count). The number of nitrogens with one attached hydrogen (secondary N) is 2. The number of carboxylic acid groups (broad SMARTS) is 1. The molecule has 3 heterocycles. The maximum Gasteiger partial charge on any atom is 0.330 e. The number of hydrogen-bond acceptors (Lipinski definition) is 10. The number of hydrogen-bond donors (Lipinski definition) is 7. The first-order chi connectivity index (χ1) is 16.0. The Morgan fingerprint density at radius 2 is 1.94 bits per heavy atom. The largest absolute Gasteiger partial charge is 0.480 e. The summed E-state index contributed by atoms with van der Waals surface area (Å²) in [6.45, 7) is 1.47. The van der Waals surface area contributed by atoms with Crippen LogP contribution >= 0.6 is 0 Å². The highest BCUT2D eigenvalue weighted by Crippen LogP contribution is 2.30. The van der Waals surface area contributed by atoms with E-state index in [1.807, 2.05) is 4.98 Å². The third kappa shape index (κ3) is 5.05. The van der Waals surface area contributed by atoms with Crippen molar-refractivity contribution in [2.45, 2.75) is 49.7 Å². The summed E-state index contributed by atoms with van der Waals surface area (Å²) in [5, 5.41) is 43.0. The van der Waals surface area contributed by atoms with Crippen molar-refractivity contribution in [3.8, 4) is 0 Å². The fourth-order valence-corrected chi connectivity index (χ4v) is 3.61. The first kappa shape index (κ1) is 25.2. The summed E-state index contributed by atoms with van der Waals surface area (Å²) in [5.74, 6) is -3.45. The lowest BCUT2D eigenvalue weighted by Crippen LogP contribution is -2.57. The normalized spacial score (nSPS) is 25.8. The molecule has 0 unspecified atom stereocenters. The fourth-order valence-electron chi connectivity index (χ4n) is 3.61. The Kier molecular flexibility index (Phi) is 7.58. The predicted octanol–water partition coefficient (Wildman–Crippen LogP) is -3.18. The van der Waals surface area contributed by atoms with Gasteiger partial charge in [0.2, 0.25) is 5.91 Å². The second-order valence-electron chi connectivity index (χ2n) is 7.90. The number of carbonyl (C=O) groups is 2. The van der Waals surface area contributed by atoms with Crippen LogP contribution in [0.15, 0.2) is 46.2 Å². The quantitative estimate of drug-likeness (QED) is 0.199. The van der Waals surface area contributed by atoms with E-state index >= 15 is 0 Å². The van der Waals surface area contributed by atoms with Gasteiger partial charge in [-0.2, -0.15) is 0 Å². The van der Waals surface area contributed by atoms with Crippen molar-refractivity contribution in [3.05, 3.63) is 63.2 Å². The maximum absolute atomic E-state index is 12.7. The number of H-pyrrole nitrogens is 1. The Bertz CT molecular complexity index is 1140. The van der Waals surface area contributed by atoms with E-state index in [1.165, 1.54) is 19.2 Å². The van der Waals surface area contributed by atoms with Gasteiger partial charge in [0, 0.05) is 24.4 Å². The summed E-state index contributed by atoms with van der Waals surface area (Å²) in [4.78, 5) is 53.8. The Balaban J connectivity index is 1.76. The van der Waals surface area contributed by atoms with E-state index in [0.29, 0.717) is 0 Å². The number of pyridine rings is 1. The van der Waals surface area contributed by atoms with Gasteiger partial charge in [0.25, 0.3) is 5.56 Å². The lowest BCUT2D eigenvalue weighted by atomic mass is 9.92. The minimum absolute atomic E-state index is 0.264. The van der Waals surface area contributed by atoms with Gasteiger partial charge < -0.3 is 36.2 Å². The van der Waals surface area contributed by atoms with Crippen molar-refractivity contribution >= 4 is 11.9 Å². The van der Waals surface area contributed by atoms with E-state index in [0.717, 1.165) is 16.8 Å². The van der Waals surface area contributed by atoms with E-state index in [9.17, 15) is 39.6 Å². The number of aromatic amines is 1. The molecule has 1 aliphatic rings. The monoisotopic (exact) mass is 479 g/mol. The smallest absolute Gasteiger partial charge is 0.330 e. The molecule has 0 radical (unpaired) electrons. The lowest BCUT2D eigenvalue weighted by Gasteiger charge is -2.28. The van der Waals surface area contributed by atoms with Gasteiger partial charge in [-0.05, 0) is 12.1 Å². The van der Waals surface area contributed by atoms with Gasteiger partial charge in [-0.25, -0.2) is 9.59 Å². The van der Waals surface area contributed by atoms with Gasteiger partial charge >= 0.3 is 11.7 Å². The molecule has 1 saturated heterocycles. The Labute approximate surface area is 191 Å². The van der Waals surface area contributed by atoms with Gasteiger partial charge in [-0.3, -0.25) is 24.1 Å². The van der Waals surface area contributed by atoms with Crippen LogP contribution in [0, 0.1) is 5.92 Å². The number of carboxylic acids is 1. The minimum atomic E-state index is -1.87. The molecule has 14 heteroatoms. The van der Waals surface area contributed by atoms with Crippen LogP contribution in [0.1, 0.15) is 24.9 Å². The van der Waals surface area contributed by atoms with Crippen LogP contribution in [-0.2, 0) is 14.3 Å². The molecule has 2 aromatic heterocycles. The van der Waals surface area contributed by atoms with Gasteiger partial charge in [0.15, 0.2) is 12.3 Å². The molecule has 0 aliphatic carbocycles. The van der Waals surface area contributed by atoms with Crippen molar-refractivity contribution in [2.24, 2.45) is 11.7 Å². The van der Waals surface area contributed by atoms with Crippen molar-refractivity contribution in [1.29, 1.82) is 0 Å². The summed E-state index contributed by atoms with van der Waals surface area (Å²) in [7, 11) is 0. The lowest BCUT2D eigenvalue weighted by molar-refractivity contribution is -0.149. The summed E-state index contributed by atoms with van der Waals surface area (Å²) in [6.07, 6.45) is -5.56. The minimum Gasteiger partial charge on any atom is -0.480 e. The molecule has 1 fully saturated rings. The second-order valence-corrected chi connectivity index (χ2v) is 7.90. The summed E-state index contributed by atoms with van der Waals surface area (Å²) < 4.78 is 6.19. The number of ether oxygens (including phenoxy) is 1. The van der Waals surface area contributed by atoms with Crippen molar-refractivity contribution in [1.82, 2.24) is 19.9 Å². The Morgan fingerprint density at radius 1 is 1.24 bits per heavy atom. The molecule has 0 aromatic carbocycles. The molecule has 0 saturated carbocycles. The van der Waals surface area contributed by atoms with Crippen LogP contribution in [0.4, 0.5) is 0 Å². The number of carbonyl (C=O) groups excluding carboxylic acids is 1. The summed E-state index contributed by atoms with van der Waals surface area (Å²) in [6, 6.07) is 2.54. The van der Waals surface area contributed by atoms with E-state index < -0.39 is 71.8 Å². The zero-order chi connectivity index (χ0) is 25.2. The summed E-state index contributed by atoms with van der Waals surface area (Å²) in [5.41, 5.74) is 4.53. The fraction of sp³-hybridized carbons (Fsp3) is 0.450. The highest BCUT2D eigenvalue weighted by molar-refractivity contribution is 5.87. The number of aliphatic hydroxyl groups excluding tert-OH is 3. The van der Waals surface area contributed by atoms with Crippen LogP contribution in [0.2, 0.25) is 0 Å². The molecule has 34 heavy (non-hydrogen) atoms. The van der Waals surface area contributed by atoms with Gasteiger partial charge in [-0.1, -0.05) is 13.0 Å². The van der Waals surface area contributed by atoms with Crippen LogP contribution in [0.25, 0.3) is 0 Å². The highest BCUT2D eigenvalue weighted by Gasteiger charge is 2.50. The molecular formula is C20H25N5O9. The summed E-state index contributed by atoms with van der Waals surface area (Å²) >= 11 is 0. The van der Waals surface area contributed by atoms with Crippen molar-refractivity contribution < 1.29 is 34.8 Å². The number of nitrogens with two attached hydrogens (primary N) is 1. The van der Waals surface area contributed by atoms with Gasteiger partial charge in [0.05, 0.1) is 11.7 Å². The standard InChI is InChI=1S/C20H25N5O9/c1-8(13(27)9-4-2-3-6-22-9)11(21)17(30)24-12(19(31)32)16-14(28)15(29)18(34-16)25-7-5-10(26)23-20(25)33/h2-8,11-16,18,27-29H,21H2,1H3,(H,24,30)(H,31,32)(H,23,26,33)/t8-,11-,12+,13-,14+,15+,16+,18-/m0/s1. The van der Waals surface area contributed by atoms with Crippen molar-refractivity contribution in [3.63, 3.8) is 0 Å². The molecule has 184 valence electrons. The van der Waals surface area contributed by atoms with Crippen LogP contribution in [0.5, 0.6) is 0 Å². The number of aliphatic carboxylic acids is 1. The molecular weight excluding hydrogens is 454 g/mol. The van der Waals surface area contributed by atoms with Crippen LogP contribution in [0.3, 0.4) is 0 Å². The van der Waals surface area contributed by atoms with Crippen LogP contribution in [-0.4, -0.2) is 77.2 Å². The first-order valence-corrected chi connectivity index (χ1v) is 10.2. The zero-order valence-corrected chi connectivity index (χ0v) is 17.9. The zero-order valence-electron chi connectivity index (χ0n) is 17.9. The molecule has 2 aromatic rings. The molecule has 14 nitrogen and oxygen atoms in total. The molecule has 0 spiro atoms. The average molecular weight is 479 g/mol. The molecule has 1 aliphatic heterocycles. The second kappa shape index (κ2) is 10.2. The van der Waals surface area contributed by atoms with E-state index in [2.05, 4.69) is 10.3 Å². The maximum atomic E-state index is 12.7. The Morgan fingerprint density at radius 3 is 2.53 bits per heavy atom. The number of nitrogens with zero attached hydrogens (tertiary/aromatic N) is 2. The van der Waals surface area contributed by atoms with E-state index in [1.54, 1.807) is 12.1 Å². The topological polar surface area (TPSA) is 230 Å². The number of aliphatic hydroxyl groups is 3.